The standard InChI is InChI=1S/C11H20F3N3O/c1-2-15-9(16-7-6-11(12,13)14)17-8-10(18)4-3-5-10/h18H,2-8H2,1H3,(H2,15,16,17). The van der Waals surface area contributed by atoms with Crippen LogP contribution in [0.4, 0.5) is 13.2 Å². The summed E-state index contributed by atoms with van der Waals surface area (Å²) in [4.78, 5) is 4.10. The molecule has 0 aromatic rings. The molecule has 1 rings (SSSR count). The Hall–Kier alpha value is -0.980. The van der Waals surface area contributed by atoms with Gasteiger partial charge in [0.15, 0.2) is 5.96 Å². The fourth-order valence-electron chi connectivity index (χ4n) is 1.63. The minimum Gasteiger partial charge on any atom is -0.388 e. The zero-order valence-corrected chi connectivity index (χ0v) is 10.5. The largest absolute Gasteiger partial charge is 0.390 e. The minimum absolute atomic E-state index is 0.215. The molecular formula is C11H20F3N3O. The molecule has 1 aliphatic carbocycles. The van der Waals surface area contributed by atoms with Gasteiger partial charge in [0.25, 0.3) is 0 Å². The van der Waals surface area contributed by atoms with Gasteiger partial charge >= 0.3 is 6.18 Å². The second-order valence-corrected chi connectivity index (χ2v) is 4.57. The van der Waals surface area contributed by atoms with Gasteiger partial charge in [0.1, 0.15) is 0 Å². The van der Waals surface area contributed by atoms with Crippen LogP contribution < -0.4 is 10.6 Å². The third-order valence-corrected chi connectivity index (χ3v) is 2.86. The number of halogens is 3. The first-order valence-corrected chi connectivity index (χ1v) is 6.16. The van der Waals surface area contributed by atoms with E-state index in [1.54, 1.807) is 0 Å². The molecule has 106 valence electrons. The average molecular weight is 267 g/mol. The fourth-order valence-corrected chi connectivity index (χ4v) is 1.63. The average Bonchev–Trinajstić information content (AvgIpc) is 2.21. The summed E-state index contributed by atoms with van der Waals surface area (Å²) >= 11 is 0. The van der Waals surface area contributed by atoms with Gasteiger partial charge in [-0.25, -0.2) is 0 Å². The van der Waals surface area contributed by atoms with Crippen molar-refractivity contribution in [3.63, 3.8) is 0 Å². The van der Waals surface area contributed by atoms with Crippen LogP contribution in [0.3, 0.4) is 0 Å². The molecule has 0 aliphatic heterocycles. The molecule has 7 heteroatoms. The molecule has 0 aromatic carbocycles. The molecule has 0 heterocycles. The van der Waals surface area contributed by atoms with Crippen LogP contribution >= 0.6 is 0 Å². The highest BCUT2D eigenvalue weighted by Crippen LogP contribution is 2.31. The first-order chi connectivity index (χ1) is 8.35. The lowest BCUT2D eigenvalue weighted by Gasteiger charge is -2.35. The predicted octanol–water partition coefficient (Wildman–Crippen LogP) is 1.41. The number of guanidine groups is 1. The van der Waals surface area contributed by atoms with Crippen LogP contribution in [-0.2, 0) is 0 Å². The fraction of sp³-hybridized carbons (Fsp3) is 0.909. The van der Waals surface area contributed by atoms with Crippen molar-refractivity contribution >= 4 is 5.96 Å². The Balaban J connectivity index is 2.36. The van der Waals surface area contributed by atoms with Gasteiger partial charge in [-0.15, -0.1) is 0 Å². The van der Waals surface area contributed by atoms with Crippen molar-refractivity contribution in [2.45, 2.75) is 44.4 Å². The van der Waals surface area contributed by atoms with Crippen LogP contribution in [0.15, 0.2) is 4.99 Å². The molecule has 18 heavy (non-hydrogen) atoms. The van der Waals surface area contributed by atoms with Crippen molar-refractivity contribution in [3.8, 4) is 0 Å². The Kier molecular flexibility index (Phi) is 5.25. The number of alkyl halides is 3. The van der Waals surface area contributed by atoms with E-state index in [0.29, 0.717) is 25.3 Å². The molecule has 0 aromatic heterocycles. The monoisotopic (exact) mass is 267 g/mol. The number of hydrogen-bond donors (Lipinski definition) is 3. The summed E-state index contributed by atoms with van der Waals surface area (Å²) in [5, 5.41) is 15.3. The maximum Gasteiger partial charge on any atom is 0.390 e. The van der Waals surface area contributed by atoms with Crippen LogP contribution in [0.2, 0.25) is 0 Å². The second-order valence-electron chi connectivity index (χ2n) is 4.57. The molecule has 0 bridgehead atoms. The molecule has 0 saturated heterocycles. The highest BCUT2D eigenvalue weighted by molar-refractivity contribution is 5.79. The van der Waals surface area contributed by atoms with Gasteiger partial charge in [0, 0.05) is 13.1 Å². The van der Waals surface area contributed by atoms with Crippen LogP contribution in [0.5, 0.6) is 0 Å². The quantitative estimate of drug-likeness (QED) is 0.521. The van der Waals surface area contributed by atoms with Gasteiger partial charge in [-0.05, 0) is 26.2 Å². The third-order valence-electron chi connectivity index (χ3n) is 2.86. The summed E-state index contributed by atoms with van der Waals surface area (Å²) in [6.45, 7) is 2.41. The molecule has 0 atom stereocenters. The van der Waals surface area contributed by atoms with E-state index in [9.17, 15) is 18.3 Å². The Bertz CT molecular complexity index is 288. The van der Waals surface area contributed by atoms with Crippen molar-refractivity contribution in [1.82, 2.24) is 10.6 Å². The first-order valence-electron chi connectivity index (χ1n) is 6.16. The van der Waals surface area contributed by atoms with Crippen LogP contribution in [-0.4, -0.2) is 42.5 Å². The minimum atomic E-state index is -4.17. The topological polar surface area (TPSA) is 56.7 Å². The second kappa shape index (κ2) is 6.26. The summed E-state index contributed by atoms with van der Waals surface area (Å²) in [5.74, 6) is 0.321. The SMILES string of the molecule is CCNC(=NCC1(O)CCC1)NCCC(F)(F)F. The number of nitrogens with zero attached hydrogens (tertiary/aromatic N) is 1. The molecule has 0 spiro atoms. The van der Waals surface area contributed by atoms with Gasteiger partial charge in [-0.3, -0.25) is 4.99 Å². The molecule has 4 nitrogen and oxygen atoms in total. The van der Waals surface area contributed by atoms with E-state index in [2.05, 4.69) is 15.6 Å². The van der Waals surface area contributed by atoms with E-state index in [0.717, 1.165) is 6.42 Å². The summed E-state index contributed by atoms with van der Waals surface area (Å²) in [6.07, 6.45) is -2.68. The maximum atomic E-state index is 12.0. The van der Waals surface area contributed by atoms with Crippen LogP contribution in [0.1, 0.15) is 32.6 Å². The van der Waals surface area contributed by atoms with Gasteiger partial charge < -0.3 is 15.7 Å². The van der Waals surface area contributed by atoms with Crippen molar-refractivity contribution in [2.24, 2.45) is 4.99 Å². The van der Waals surface area contributed by atoms with E-state index in [-0.39, 0.29) is 13.1 Å². The zero-order chi connectivity index (χ0) is 13.6. The highest BCUT2D eigenvalue weighted by atomic mass is 19.4. The smallest absolute Gasteiger partial charge is 0.388 e. The van der Waals surface area contributed by atoms with Crippen molar-refractivity contribution in [3.05, 3.63) is 0 Å². The summed E-state index contributed by atoms with van der Waals surface area (Å²) in [7, 11) is 0. The number of hydrogen-bond acceptors (Lipinski definition) is 2. The number of aliphatic imine (C=N–C) groups is 1. The summed E-state index contributed by atoms with van der Waals surface area (Å²) in [6, 6.07) is 0. The number of aliphatic hydroxyl groups is 1. The van der Waals surface area contributed by atoms with Crippen molar-refractivity contribution in [2.75, 3.05) is 19.6 Å². The van der Waals surface area contributed by atoms with Crippen LogP contribution in [0, 0.1) is 0 Å². The van der Waals surface area contributed by atoms with Gasteiger partial charge in [-0.2, -0.15) is 13.2 Å². The van der Waals surface area contributed by atoms with Gasteiger partial charge in [0.05, 0.1) is 18.6 Å². The van der Waals surface area contributed by atoms with E-state index < -0.39 is 18.2 Å². The van der Waals surface area contributed by atoms with E-state index in [4.69, 9.17) is 0 Å². The van der Waals surface area contributed by atoms with Crippen molar-refractivity contribution in [1.29, 1.82) is 0 Å². The lowest BCUT2D eigenvalue weighted by atomic mass is 9.80. The maximum absolute atomic E-state index is 12.0. The molecule has 0 radical (unpaired) electrons. The lowest BCUT2D eigenvalue weighted by Crippen LogP contribution is -2.43. The van der Waals surface area contributed by atoms with Gasteiger partial charge in [0.2, 0.25) is 0 Å². The number of rotatable bonds is 5. The molecular weight excluding hydrogens is 247 g/mol. The Morgan fingerprint density at radius 1 is 1.33 bits per heavy atom. The van der Waals surface area contributed by atoms with E-state index in [1.807, 2.05) is 6.92 Å². The number of nitrogens with one attached hydrogen (secondary N) is 2. The molecule has 0 amide bonds. The van der Waals surface area contributed by atoms with Crippen molar-refractivity contribution < 1.29 is 18.3 Å². The third kappa shape index (κ3) is 5.57. The van der Waals surface area contributed by atoms with E-state index >= 15 is 0 Å². The van der Waals surface area contributed by atoms with Crippen LogP contribution in [0.25, 0.3) is 0 Å². The molecule has 1 fully saturated rings. The Morgan fingerprint density at radius 3 is 2.44 bits per heavy atom. The van der Waals surface area contributed by atoms with E-state index in [1.165, 1.54) is 0 Å². The summed E-state index contributed by atoms with van der Waals surface area (Å²) in [5.41, 5.74) is -0.758. The zero-order valence-electron chi connectivity index (χ0n) is 10.5. The highest BCUT2D eigenvalue weighted by Gasteiger charge is 2.34. The Morgan fingerprint density at radius 2 is 2.00 bits per heavy atom. The predicted molar refractivity (Wildman–Crippen MR) is 63.5 cm³/mol. The normalized spacial score (nSPS) is 19.3. The summed E-state index contributed by atoms with van der Waals surface area (Å²) < 4.78 is 36.0. The molecule has 3 N–H and O–H groups in total. The lowest BCUT2D eigenvalue weighted by molar-refractivity contribution is -0.132. The molecule has 0 unspecified atom stereocenters. The van der Waals surface area contributed by atoms with Gasteiger partial charge in [-0.1, -0.05) is 0 Å². The molecule has 1 saturated carbocycles. The first kappa shape index (κ1) is 15.1. The molecule has 1 aliphatic rings. The Labute approximate surface area is 105 Å².